The van der Waals surface area contributed by atoms with Crippen molar-refractivity contribution in [2.45, 2.75) is 50.9 Å². The standard InChI is InChI=1S/C24H29N3OS.C2H2O4/c1-26-13-11-20(12-14-26)28-23-22-7-3-2-5-18(22)10-15-27-17-19(25-24(23)27)8-9-21-6-4-16-29-21;3-1(4)2(5)6/h2-7,16-17,20,23H,8-15H2,1H3;(H,3,4)(H,5,6). The van der Waals surface area contributed by atoms with Crippen molar-refractivity contribution in [2.75, 3.05) is 20.1 Å². The van der Waals surface area contributed by atoms with Crippen molar-refractivity contribution in [3.8, 4) is 0 Å². The molecule has 1 saturated heterocycles. The first-order chi connectivity index (χ1) is 16.9. The maximum absolute atomic E-state index is 9.10. The van der Waals surface area contributed by atoms with Crippen LogP contribution in [0.4, 0.5) is 0 Å². The summed E-state index contributed by atoms with van der Waals surface area (Å²) in [6, 6.07) is 13.1. The Hall–Kier alpha value is -3.01. The molecule has 2 aliphatic rings. The number of thiophene rings is 1. The Kier molecular flexibility index (Phi) is 8.33. The van der Waals surface area contributed by atoms with Crippen molar-refractivity contribution in [3.05, 3.63) is 75.5 Å². The summed E-state index contributed by atoms with van der Waals surface area (Å²) in [4.78, 5) is 27.1. The van der Waals surface area contributed by atoms with Crippen molar-refractivity contribution < 1.29 is 24.5 Å². The Morgan fingerprint density at radius 1 is 1.06 bits per heavy atom. The second kappa shape index (κ2) is 11.6. The summed E-state index contributed by atoms with van der Waals surface area (Å²) in [5, 5.41) is 16.9. The van der Waals surface area contributed by atoms with E-state index >= 15 is 0 Å². The van der Waals surface area contributed by atoms with E-state index in [1.165, 1.54) is 21.7 Å². The fourth-order valence-corrected chi connectivity index (χ4v) is 5.26. The SMILES string of the molecule is CN1CCC(OC2c3ccccc3CCn3cc(CCc4cccs4)nc32)CC1.O=C(O)C(=O)O. The number of aryl methyl sites for hydroxylation is 4. The van der Waals surface area contributed by atoms with E-state index in [1.54, 1.807) is 0 Å². The quantitative estimate of drug-likeness (QED) is 0.519. The second-order valence-corrected chi connectivity index (χ2v) is 9.97. The number of fused-ring (bicyclic) bond motifs is 2. The number of carboxylic acids is 2. The molecule has 0 radical (unpaired) electrons. The average molecular weight is 498 g/mol. The maximum atomic E-state index is 9.10. The fraction of sp³-hybridized carbons (Fsp3) is 0.423. The first-order valence-corrected chi connectivity index (χ1v) is 12.7. The zero-order valence-corrected chi connectivity index (χ0v) is 20.6. The zero-order chi connectivity index (χ0) is 24.8. The van der Waals surface area contributed by atoms with E-state index < -0.39 is 11.9 Å². The molecular formula is C26H31N3O5S. The van der Waals surface area contributed by atoms with Gasteiger partial charge in [0.05, 0.1) is 11.8 Å². The molecule has 4 heterocycles. The van der Waals surface area contributed by atoms with Crippen LogP contribution in [0.1, 0.15) is 46.5 Å². The van der Waals surface area contributed by atoms with Crippen LogP contribution in [0.2, 0.25) is 0 Å². The first-order valence-electron chi connectivity index (χ1n) is 11.9. The summed E-state index contributed by atoms with van der Waals surface area (Å²) in [6.07, 6.45) is 7.80. The summed E-state index contributed by atoms with van der Waals surface area (Å²) in [5.41, 5.74) is 3.89. The Balaban J connectivity index is 0.000000431. The van der Waals surface area contributed by atoms with Crippen molar-refractivity contribution in [3.63, 3.8) is 0 Å². The third kappa shape index (κ3) is 6.56. The van der Waals surface area contributed by atoms with Crippen LogP contribution < -0.4 is 0 Å². The van der Waals surface area contributed by atoms with Gasteiger partial charge in [0.25, 0.3) is 0 Å². The number of nitrogens with zero attached hydrogens (tertiary/aromatic N) is 3. The van der Waals surface area contributed by atoms with Crippen molar-refractivity contribution in [1.29, 1.82) is 0 Å². The number of ether oxygens (including phenoxy) is 1. The normalized spacial score (nSPS) is 18.0. The molecule has 0 saturated carbocycles. The number of likely N-dealkylation sites (tertiary alicyclic amines) is 1. The predicted molar refractivity (Wildman–Crippen MR) is 133 cm³/mol. The highest BCUT2D eigenvalue weighted by Gasteiger charge is 2.30. The largest absolute Gasteiger partial charge is 0.473 e. The molecule has 3 aromatic rings. The van der Waals surface area contributed by atoms with E-state index in [0.29, 0.717) is 6.10 Å². The monoisotopic (exact) mass is 497 g/mol. The third-order valence-corrected chi connectivity index (χ3v) is 7.37. The molecule has 5 rings (SSSR count). The summed E-state index contributed by atoms with van der Waals surface area (Å²) in [6.45, 7) is 3.20. The van der Waals surface area contributed by atoms with E-state index in [4.69, 9.17) is 29.5 Å². The lowest BCUT2D eigenvalue weighted by atomic mass is 10.00. The van der Waals surface area contributed by atoms with Gasteiger partial charge in [0.2, 0.25) is 0 Å². The molecule has 0 amide bonds. The molecule has 1 aromatic carbocycles. The molecule has 0 bridgehead atoms. The van der Waals surface area contributed by atoms with Gasteiger partial charge in [0, 0.05) is 30.7 Å². The summed E-state index contributed by atoms with van der Waals surface area (Å²) in [5.74, 6) is -2.56. The smallest absolute Gasteiger partial charge is 0.414 e. The van der Waals surface area contributed by atoms with Crippen molar-refractivity contribution >= 4 is 23.3 Å². The maximum Gasteiger partial charge on any atom is 0.414 e. The number of aliphatic carboxylic acids is 2. The van der Waals surface area contributed by atoms with Crippen LogP contribution in [0.3, 0.4) is 0 Å². The summed E-state index contributed by atoms with van der Waals surface area (Å²) >= 11 is 1.83. The van der Waals surface area contributed by atoms with Gasteiger partial charge in [-0.25, -0.2) is 14.6 Å². The molecule has 0 spiro atoms. The van der Waals surface area contributed by atoms with Gasteiger partial charge in [0.1, 0.15) is 11.9 Å². The number of benzene rings is 1. The van der Waals surface area contributed by atoms with Crippen LogP contribution in [0, 0.1) is 0 Å². The highest BCUT2D eigenvalue weighted by molar-refractivity contribution is 7.09. The van der Waals surface area contributed by atoms with Crippen LogP contribution in [-0.4, -0.2) is 62.8 Å². The first kappa shape index (κ1) is 25.1. The Labute approximate surface area is 208 Å². The minimum atomic E-state index is -1.82. The number of rotatable bonds is 5. The van der Waals surface area contributed by atoms with Gasteiger partial charge in [-0.2, -0.15) is 0 Å². The molecule has 2 aromatic heterocycles. The highest BCUT2D eigenvalue weighted by Crippen LogP contribution is 2.34. The second-order valence-electron chi connectivity index (χ2n) is 8.94. The summed E-state index contributed by atoms with van der Waals surface area (Å²) < 4.78 is 9.12. The van der Waals surface area contributed by atoms with Crippen LogP contribution >= 0.6 is 11.3 Å². The molecular weight excluding hydrogens is 466 g/mol. The number of carbonyl (C=O) groups is 2. The molecule has 186 valence electrons. The van der Waals surface area contributed by atoms with E-state index in [2.05, 4.69) is 64.5 Å². The number of imidazole rings is 1. The lowest BCUT2D eigenvalue weighted by Gasteiger charge is -2.32. The van der Waals surface area contributed by atoms with E-state index in [1.807, 2.05) is 11.3 Å². The van der Waals surface area contributed by atoms with E-state index in [0.717, 1.165) is 57.6 Å². The lowest BCUT2D eigenvalue weighted by molar-refractivity contribution is -0.159. The van der Waals surface area contributed by atoms with Crippen LogP contribution in [-0.2, 0) is 40.1 Å². The van der Waals surface area contributed by atoms with Gasteiger partial charge in [-0.05, 0) is 61.7 Å². The van der Waals surface area contributed by atoms with Crippen molar-refractivity contribution in [1.82, 2.24) is 14.5 Å². The predicted octanol–water partition coefficient (Wildman–Crippen LogP) is 3.64. The van der Waals surface area contributed by atoms with Crippen molar-refractivity contribution in [2.24, 2.45) is 0 Å². The number of carboxylic acid groups (broad SMARTS) is 2. The Morgan fingerprint density at radius 3 is 2.49 bits per heavy atom. The fourth-order valence-electron chi connectivity index (χ4n) is 4.55. The number of piperidine rings is 1. The minimum absolute atomic E-state index is 0.0578. The number of aromatic nitrogens is 2. The lowest BCUT2D eigenvalue weighted by Crippen LogP contribution is -2.35. The van der Waals surface area contributed by atoms with Gasteiger partial charge in [-0.15, -0.1) is 11.3 Å². The van der Waals surface area contributed by atoms with E-state index in [-0.39, 0.29) is 6.10 Å². The van der Waals surface area contributed by atoms with Crippen LogP contribution in [0.25, 0.3) is 0 Å². The molecule has 8 nitrogen and oxygen atoms in total. The molecule has 2 N–H and O–H groups in total. The minimum Gasteiger partial charge on any atom is -0.473 e. The van der Waals surface area contributed by atoms with E-state index in [9.17, 15) is 0 Å². The molecule has 2 aliphatic heterocycles. The van der Waals surface area contributed by atoms with Crippen LogP contribution in [0.5, 0.6) is 0 Å². The topological polar surface area (TPSA) is 105 Å². The molecule has 1 unspecified atom stereocenters. The van der Waals surface area contributed by atoms with Gasteiger partial charge in [-0.3, -0.25) is 0 Å². The van der Waals surface area contributed by atoms with Crippen LogP contribution in [0.15, 0.2) is 48.0 Å². The molecule has 1 atom stereocenters. The zero-order valence-electron chi connectivity index (χ0n) is 19.8. The van der Waals surface area contributed by atoms with Gasteiger partial charge < -0.3 is 24.4 Å². The Bertz CT molecular complexity index is 1120. The molecule has 0 aliphatic carbocycles. The average Bonchev–Trinajstić information content (AvgIpc) is 3.49. The Morgan fingerprint density at radius 2 is 1.80 bits per heavy atom. The number of hydrogen-bond acceptors (Lipinski definition) is 6. The number of hydrogen-bond donors (Lipinski definition) is 2. The van der Waals surface area contributed by atoms with Gasteiger partial charge in [0.15, 0.2) is 0 Å². The molecule has 9 heteroatoms. The highest BCUT2D eigenvalue weighted by atomic mass is 32.1. The molecule has 35 heavy (non-hydrogen) atoms. The molecule has 1 fully saturated rings. The van der Waals surface area contributed by atoms with Gasteiger partial charge in [-0.1, -0.05) is 30.3 Å². The summed E-state index contributed by atoms with van der Waals surface area (Å²) in [7, 11) is 2.20. The van der Waals surface area contributed by atoms with Gasteiger partial charge >= 0.3 is 11.9 Å². The third-order valence-electron chi connectivity index (χ3n) is 6.44.